The lowest BCUT2D eigenvalue weighted by Gasteiger charge is -2.33. The maximum atomic E-state index is 13.0. The number of hydrogen-bond acceptors (Lipinski definition) is 5. The number of likely N-dealkylation sites (tertiary alicyclic amines) is 1. The highest BCUT2D eigenvalue weighted by atomic mass is 16.6. The third-order valence-electron chi connectivity index (χ3n) is 6.42. The maximum Gasteiger partial charge on any atom is 0.410 e. The highest BCUT2D eigenvalue weighted by Gasteiger charge is 2.26. The lowest BCUT2D eigenvalue weighted by Crippen LogP contribution is -2.41. The first-order valence-corrected chi connectivity index (χ1v) is 12.9. The van der Waals surface area contributed by atoms with E-state index < -0.39 is 5.60 Å². The van der Waals surface area contributed by atoms with Gasteiger partial charge in [0.15, 0.2) is 5.78 Å². The molecule has 0 spiro atoms. The number of aromatic nitrogens is 1. The Bertz CT molecular complexity index is 1040. The van der Waals surface area contributed by atoms with E-state index in [0.717, 1.165) is 50.8 Å². The van der Waals surface area contributed by atoms with E-state index in [0.29, 0.717) is 30.0 Å². The molecule has 7 heteroatoms. The van der Waals surface area contributed by atoms with E-state index in [1.165, 1.54) is 0 Å². The first-order valence-electron chi connectivity index (χ1n) is 12.9. The van der Waals surface area contributed by atoms with Gasteiger partial charge < -0.3 is 15.0 Å². The number of Topliss-reactive ketones (excluding diaryl/α,β-unsaturated/α-hetero) is 1. The van der Waals surface area contributed by atoms with Gasteiger partial charge in [-0.1, -0.05) is 43.2 Å². The van der Waals surface area contributed by atoms with E-state index in [-0.39, 0.29) is 23.5 Å². The fraction of sp³-hybridized carbons (Fsp3) is 0.517. The van der Waals surface area contributed by atoms with Crippen LogP contribution in [-0.4, -0.2) is 53.4 Å². The van der Waals surface area contributed by atoms with Gasteiger partial charge in [-0.05, 0) is 63.6 Å². The molecule has 3 rings (SSSR count). The summed E-state index contributed by atoms with van der Waals surface area (Å²) in [4.78, 5) is 43.7. The van der Waals surface area contributed by atoms with Crippen LogP contribution in [0.4, 0.5) is 4.79 Å². The smallest absolute Gasteiger partial charge is 0.410 e. The second-order valence-corrected chi connectivity index (χ2v) is 10.6. The summed E-state index contributed by atoms with van der Waals surface area (Å²) in [6.45, 7) is 7.10. The van der Waals surface area contributed by atoms with Crippen LogP contribution in [0.25, 0.3) is 0 Å². The quantitative estimate of drug-likeness (QED) is 0.372. The molecule has 1 aromatic carbocycles. The molecule has 194 valence electrons. The first kappa shape index (κ1) is 27.4. The molecule has 2 heterocycles. The van der Waals surface area contributed by atoms with Crippen LogP contribution in [0.15, 0.2) is 42.5 Å². The molecule has 0 radical (unpaired) electrons. The van der Waals surface area contributed by atoms with Crippen molar-refractivity contribution in [2.45, 2.75) is 71.3 Å². The van der Waals surface area contributed by atoms with Crippen molar-refractivity contribution in [1.82, 2.24) is 15.2 Å². The number of rotatable bonds is 9. The number of unbranched alkanes of at least 4 members (excludes halogenated alkanes) is 1. The fourth-order valence-corrected chi connectivity index (χ4v) is 4.48. The van der Waals surface area contributed by atoms with Crippen molar-refractivity contribution in [1.29, 1.82) is 0 Å². The summed E-state index contributed by atoms with van der Waals surface area (Å²) in [6, 6.07) is 13.3. The summed E-state index contributed by atoms with van der Waals surface area (Å²) in [5, 5.41) is 2.60. The molecule has 1 aliphatic rings. The Balaban J connectivity index is 1.49. The highest BCUT2D eigenvalue weighted by Crippen LogP contribution is 2.25. The molecule has 1 aromatic heterocycles. The molecule has 7 nitrogen and oxygen atoms in total. The molecule has 1 aliphatic heterocycles. The Labute approximate surface area is 214 Å². The minimum atomic E-state index is -0.474. The number of benzene rings is 1. The standard InChI is InChI=1S/C29H39N3O4/c1-29(2,3)36-28(35)32-16-14-21(15-17-32)10-8-9-13-26(33)23-19-24(18-22-11-6-5-7-12-22)31-25(20-23)27(34)30-4/h5-7,11-12,19-21H,8-10,13-18H2,1-4H3,(H,30,34). The molecule has 0 bridgehead atoms. The number of amides is 2. The Morgan fingerprint density at radius 1 is 1.06 bits per heavy atom. The molecular weight excluding hydrogens is 454 g/mol. The summed E-state index contributed by atoms with van der Waals surface area (Å²) in [6.07, 6.45) is 5.53. The van der Waals surface area contributed by atoms with Crippen molar-refractivity contribution in [3.8, 4) is 0 Å². The molecule has 0 unspecified atom stereocenters. The number of nitrogens with one attached hydrogen (secondary N) is 1. The fourth-order valence-electron chi connectivity index (χ4n) is 4.48. The Morgan fingerprint density at radius 3 is 2.39 bits per heavy atom. The Kier molecular flexibility index (Phi) is 9.62. The summed E-state index contributed by atoms with van der Waals surface area (Å²) in [5.74, 6) is 0.310. The van der Waals surface area contributed by atoms with Crippen molar-refractivity contribution in [3.05, 3.63) is 65.0 Å². The zero-order valence-corrected chi connectivity index (χ0v) is 22.0. The zero-order chi connectivity index (χ0) is 26.1. The Hall–Kier alpha value is -3.22. The average molecular weight is 494 g/mol. The van der Waals surface area contributed by atoms with Gasteiger partial charge in [-0.25, -0.2) is 9.78 Å². The minimum Gasteiger partial charge on any atom is -0.444 e. The van der Waals surface area contributed by atoms with Crippen molar-refractivity contribution in [2.75, 3.05) is 20.1 Å². The van der Waals surface area contributed by atoms with Crippen LogP contribution >= 0.6 is 0 Å². The first-order chi connectivity index (χ1) is 17.1. The molecule has 1 N–H and O–H groups in total. The average Bonchev–Trinajstić information content (AvgIpc) is 2.85. The second-order valence-electron chi connectivity index (χ2n) is 10.6. The highest BCUT2D eigenvalue weighted by molar-refractivity contribution is 5.99. The molecule has 0 aliphatic carbocycles. The monoisotopic (exact) mass is 493 g/mol. The molecule has 0 atom stereocenters. The van der Waals surface area contributed by atoms with E-state index in [1.807, 2.05) is 57.2 Å². The van der Waals surface area contributed by atoms with Crippen LogP contribution in [0, 0.1) is 5.92 Å². The lowest BCUT2D eigenvalue weighted by atomic mass is 9.91. The van der Waals surface area contributed by atoms with Crippen LogP contribution in [0.3, 0.4) is 0 Å². The summed E-state index contributed by atoms with van der Waals surface area (Å²) in [5.41, 5.74) is 2.13. The predicted molar refractivity (Wildman–Crippen MR) is 140 cm³/mol. The number of carbonyl (C=O) groups excluding carboxylic acids is 3. The number of piperidine rings is 1. The number of ketones is 1. The third kappa shape index (κ3) is 8.47. The molecule has 0 saturated carbocycles. The van der Waals surface area contributed by atoms with Gasteiger partial charge in [0.2, 0.25) is 0 Å². The predicted octanol–water partition coefficient (Wildman–Crippen LogP) is 5.42. The number of nitrogens with zero attached hydrogens (tertiary/aromatic N) is 2. The molecule has 2 aromatic rings. The zero-order valence-electron chi connectivity index (χ0n) is 22.0. The van der Waals surface area contributed by atoms with E-state index in [1.54, 1.807) is 18.0 Å². The van der Waals surface area contributed by atoms with Crippen molar-refractivity contribution >= 4 is 17.8 Å². The third-order valence-corrected chi connectivity index (χ3v) is 6.42. The van der Waals surface area contributed by atoms with Gasteiger partial charge in [0.1, 0.15) is 11.3 Å². The van der Waals surface area contributed by atoms with E-state index >= 15 is 0 Å². The maximum absolute atomic E-state index is 13.0. The molecule has 2 amide bonds. The van der Waals surface area contributed by atoms with Crippen LogP contribution in [0.2, 0.25) is 0 Å². The van der Waals surface area contributed by atoms with Crippen LogP contribution in [0.5, 0.6) is 0 Å². The van der Waals surface area contributed by atoms with Gasteiger partial charge >= 0.3 is 6.09 Å². The van der Waals surface area contributed by atoms with Gasteiger partial charge in [0, 0.05) is 44.2 Å². The topological polar surface area (TPSA) is 88.6 Å². The number of ether oxygens (including phenoxy) is 1. The second kappa shape index (κ2) is 12.7. The molecule has 1 fully saturated rings. The van der Waals surface area contributed by atoms with E-state index in [2.05, 4.69) is 10.3 Å². The van der Waals surface area contributed by atoms with Crippen molar-refractivity contribution in [3.63, 3.8) is 0 Å². The van der Waals surface area contributed by atoms with Crippen LogP contribution < -0.4 is 5.32 Å². The lowest BCUT2D eigenvalue weighted by molar-refractivity contribution is 0.0180. The van der Waals surface area contributed by atoms with E-state index in [9.17, 15) is 14.4 Å². The number of carbonyl (C=O) groups is 3. The normalized spacial score (nSPS) is 14.4. The largest absolute Gasteiger partial charge is 0.444 e. The van der Waals surface area contributed by atoms with Crippen molar-refractivity contribution < 1.29 is 19.1 Å². The summed E-state index contributed by atoms with van der Waals surface area (Å²) in [7, 11) is 1.56. The SMILES string of the molecule is CNC(=O)c1cc(C(=O)CCCCC2CCN(C(=O)OC(C)(C)C)CC2)cc(Cc2ccccc2)n1. The number of hydrogen-bond donors (Lipinski definition) is 1. The molecule has 36 heavy (non-hydrogen) atoms. The van der Waals surface area contributed by atoms with Gasteiger partial charge in [-0.3, -0.25) is 9.59 Å². The van der Waals surface area contributed by atoms with Gasteiger partial charge in [-0.15, -0.1) is 0 Å². The molecule has 1 saturated heterocycles. The van der Waals surface area contributed by atoms with Crippen molar-refractivity contribution in [2.24, 2.45) is 5.92 Å². The van der Waals surface area contributed by atoms with Crippen LogP contribution in [0.1, 0.15) is 91.4 Å². The van der Waals surface area contributed by atoms with E-state index in [4.69, 9.17) is 4.74 Å². The molecular formula is C29H39N3O4. The van der Waals surface area contributed by atoms with Gasteiger partial charge in [0.05, 0.1) is 0 Å². The summed E-state index contributed by atoms with van der Waals surface area (Å²) >= 11 is 0. The minimum absolute atomic E-state index is 0.0385. The van der Waals surface area contributed by atoms with Crippen LogP contribution in [-0.2, 0) is 11.2 Å². The van der Waals surface area contributed by atoms with Gasteiger partial charge in [0.25, 0.3) is 5.91 Å². The van der Waals surface area contributed by atoms with Gasteiger partial charge in [-0.2, -0.15) is 0 Å². The number of pyridine rings is 1. The summed E-state index contributed by atoms with van der Waals surface area (Å²) < 4.78 is 5.47. The Morgan fingerprint density at radius 2 is 1.75 bits per heavy atom.